The molecular weight excluding hydrogens is 671 g/mol. The van der Waals surface area contributed by atoms with E-state index in [1.807, 2.05) is 60.7 Å². The van der Waals surface area contributed by atoms with Gasteiger partial charge in [0.1, 0.15) is 11.5 Å². The van der Waals surface area contributed by atoms with E-state index in [4.69, 9.17) is 8.83 Å². The summed E-state index contributed by atoms with van der Waals surface area (Å²) < 4.78 is 11.7. The topological polar surface area (TPSA) is 75.7 Å². The Hall–Kier alpha value is -2.38. The molecule has 2 aromatic carbocycles. The van der Waals surface area contributed by atoms with Crippen LogP contribution < -0.4 is 0 Å². The molecule has 0 N–H and O–H groups in total. The molecule has 4 rings (SSSR count). The van der Waals surface area contributed by atoms with E-state index in [1.54, 1.807) is 48.5 Å². The fraction of sp³-hybridized carbons (Fsp3) is 0.0714. The minimum absolute atomic E-state index is 0. The first-order valence-corrected chi connectivity index (χ1v) is 13.7. The summed E-state index contributed by atoms with van der Waals surface area (Å²) in [5, 5.41) is 15.9. The first-order valence-electron chi connectivity index (χ1n) is 10.7. The molecule has 2 heterocycles. The summed E-state index contributed by atoms with van der Waals surface area (Å²) in [5.41, 5.74) is 2.51. The van der Waals surface area contributed by atoms with Crippen LogP contribution in [0.1, 0.15) is 22.6 Å². The molecule has 2 aromatic heterocycles. The van der Waals surface area contributed by atoms with Crippen LogP contribution in [0.5, 0.6) is 0 Å². The molecule has 0 fully saturated rings. The van der Waals surface area contributed by atoms with E-state index in [0.29, 0.717) is 11.5 Å². The van der Waals surface area contributed by atoms with Gasteiger partial charge in [-0.15, -0.1) is 10.2 Å². The SMILES string of the molecule is [CH3+].[CH3+].[SH2+]/C(=N\N=C/c1ccco1)SCc1ccccc1.[SH2+]/C(=N\N=C/c1ccco1)SCc1ccccc1.[Sn]. The molecule has 6 nitrogen and oxygen atoms in total. The Morgan fingerprint density at radius 2 is 1.00 bits per heavy atom. The van der Waals surface area contributed by atoms with Gasteiger partial charge in [-0.1, -0.05) is 70.9 Å². The Morgan fingerprint density at radius 1 is 0.615 bits per heavy atom. The second-order valence-corrected chi connectivity index (χ2v) is 10.5. The van der Waals surface area contributed by atoms with Gasteiger partial charge in [-0.3, -0.25) is 0 Å². The zero-order valence-electron chi connectivity index (χ0n) is 21.7. The molecule has 0 saturated carbocycles. The molecule has 4 aromatic rings. The minimum Gasteiger partial charge on any atom is -0.463 e. The van der Waals surface area contributed by atoms with Crippen molar-refractivity contribution < 1.29 is 8.83 Å². The van der Waals surface area contributed by atoms with Crippen LogP contribution in [0.25, 0.3) is 0 Å². The summed E-state index contributed by atoms with van der Waals surface area (Å²) in [5.74, 6) is 3.09. The Balaban J connectivity index is 0.000000688. The zero-order valence-corrected chi connectivity index (χ0v) is 28.2. The standard InChI is InChI=1S/2C13H12N2OS2.2CH3.Sn/c2*17-13(15-14-9-12-7-4-8-16-12)18-10-11-5-2-1-3-6-11;;;/h2*1-9H,10H2,(H,15,17);2*1H3;/q;;2*+1;/p+2/b2*14-9-;;;. The molecule has 0 amide bonds. The van der Waals surface area contributed by atoms with Crippen molar-refractivity contribution >= 4 is 93.9 Å². The van der Waals surface area contributed by atoms with Crippen LogP contribution in [0.2, 0.25) is 0 Å². The Bertz CT molecular complexity index is 1150. The second kappa shape index (κ2) is 22.4. The fourth-order valence-electron chi connectivity index (χ4n) is 2.52. The quantitative estimate of drug-likeness (QED) is 0.0536. The number of benzene rings is 2. The van der Waals surface area contributed by atoms with Crippen molar-refractivity contribution in [1.29, 1.82) is 0 Å². The van der Waals surface area contributed by atoms with E-state index in [2.05, 4.69) is 69.9 Å². The van der Waals surface area contributed by atoms with Crippen LogP contribution in [-0.2, 0) is 36.8 Å². The molecule has 0 atom stereocenters. The molecule has 200 valence electrons. The summed E-state index contributed by atoms with van der Waals surface area (Å²) in [6.07, 6.45) is 6.35. The van der Waals surface area contributed by atoms with E-state index < -0.39 is 0 Å². The Morgan fingerprint density at radius 3 is 1.33 bits per heavy atom. The van der Waals surface area contributed by atoms with Crippen molar-refractivity contribution in [3.63, 3.8) is 0 Å². The van der Waals surface area contributed by atoms with Gasteiger partial charge in [0.25, 0.3) is 8.75 Å². The number of rotatable bonds is 8. The van der Waals surface area contributed by atoms with Gasteiger partial charge >= 0.3 is 0 Å². The first-order chi connectivity index (χ1) is 17.7. The van der Waals surface area contributed by atoms with Gasteiger partial charge < -0.3 is 8.83 Å². The summed E-state index contributed by atoms with van der Waals surface area (Å²) in [4.78, 5) is 0. The molecule has 0 aliphatic heterocycles. The second-order valence-electron chi connectivity index (χ2n) is 6.88. The van der Waals surface area contributed by atoms with Crippen LogP contribution in [0.4, 0.5) is 0 Å². The molecule has 4 radical (unpaired) electrons. The summed E-state index contributed by atoms with van der Waals surface area (Å²) >= 11 is 10.0. The number of hydrogen-bond donors (Lipinski definition) is 0. The van der Waals surface area contributed by atoms with Crippen molar-refractivity contribution in [1.82, 2.24) is 0 Å². The number of hydrogen-bond acceptors (Lipinski definition) is 8. The maximum atomic E-state index is 5.10. The molecule has 0 aliphatic rings. The van der Waals surface area contributed by atoms with E-state index >= 15 is 0 Å². The van der Waals surface area contributed by atoms with Crippen molar-refractivity contribution in [2.24, 2.45) is 20.4 Å². The third-order valence-electron chi connectivity index (χ3n) is 4.19. The summed E-state index contributed by atoms with van der Waals surface area (Å²) in [6.45, 7) is 0. The van der Waals surface area contributed by atoms with Crippen molar-refractivity contribution in [3.8, 4) is 0 Å². The van der Waals surface area contributed by atoms with Crippen molar-refractivity contribution in [2.45, 2.75) is 11.5 Å². The number of nitrogens with zero attached hydrogens (tertiary/aromatic N) is 4. The van der Waals surface area contributed by atoms with E-state index in [0.717, 1.165) is 20.3 Å². The minimum atomic E-state index is 0. The average Bonchev–Trinajstić information content (AvgIpc) is 3.63. The summed E-state index contributed by atoms with van der Waals surface area (Å²) in [7, 11) is 0. The normalized spacial score (nSPS) is 11.2. The third-order valence-corrected chi connectivity index (χ3v) is 6.92. The molecule has 0 spiro atoms. The largest absolute Gasteiger partial charge is 0.463 e. The van der Waals surface area contributed by atoms with Gasteiger partial charge in [0, 0.05) is 75.5 Å². The zero-order chi connectivity index (χ0) is 25.3. The van der Waals surface area contributed by atoms with Gasteiger partial charge in [0.2, 0.25) is 0 Å². The smallest absolute Gasteiger partial charge is 0.296 e. The predicted octanol–water partition coefficient (Wildman–Crippen LogP) is 6.35. The molecule has 0 bridgehead atoms. The maximum Gasteiger partial charge on any atom is 0.296 e. The monoisotopic (exact) mass is 704 g/mol. The average molecular weight is 704 g/mol. The van der Waals surface area contributed by atoms with E-state index in [9.17, 15) is 0 Å². The van der Waals surface area contributed by atoms with Crippen LogP contribution in [0, 0.1) is 14.9 Å². The molecule has 0 aliphatic carbocycles. The van der Waals surface area contributed by atoms with Crippen LogP contribution in [-0.4, -0.2) is 45.1 Å². The molecule has 11 heteroatoms. The third kappa shape index (κ3) is 16.4. The number of furan rings is 2. The predicted molar refractivity (Wildman–Crippen MR) is 182 cm³/mol. The fourth-order valence-corrected chi connectivity index (χ4v) is 4.27. The summed E-state index contributed by atoms with van der Waals surface area (Å²) in [6, 6.07) is 27.7. The van der Waals surface area contributed by atoms with Crippen LogP contribution in [0.15, 0.2) is 127 Å². The number of thioether (sulfide) groups is 2. The van der Waals surface area contributed by atoms with Crippen LogP contribution in [0.3, 0.4) is 0 Å². The Labute approximate surface area is 267 Å². The first kappa shape index (κ1) is 36.6. The van der Waals surface area contributed by atoms with E-state index in [1.165, 1.54) is 11.1 Å². The van der Waals surface area contributed by atoms with Gasteiger partial charge in [-0.05, 0) is 58.9 Å². The van der Waals surface area contributed by atoms with Gasteiger partial charge in [0.15, 0.2) is 0 Å². The van der Waals surface area contributed by atoms with Gasteiger partial charge in [-0.25, -0.2) is 0 Å². The molecule has 0 saturated heterocycles. The Kier molecular flexibility index (Phi) is 21.1. The van der Waals surface area contributed by atoms with Gasteiger partial charge in [-0.2, -0.15) is 0 Å². The van der Waals surface area contributed by atoms with Gasteiger partial charge in [0.05, 0.1) is 25.0 Å². The molecular formula is C28H32N4O2S4Sn+4. The van der Waals surface area contributed by atoms with E-state index in [-0.39, 0.29) is 38.8 Å². The molecule has 39 heavy (non-hydrogen) atoms. The maximum absolute atomic E-state index is 5.10. The van der Waals surface area contributed by atoms with Crippen molar-refractivity contribution in [2.75, 3.05) is 0 Å². The molecule has 0 unspecified atom stereocenters. The van der Waals surface area contributed by atoms with Crippen molar-refractivity contribution in [3.05, 3.63) is 135 Å². The van der Waals surface area contributed by atoms with Crippen LogP contribution >= 0.6 is 23.5 Å².